The van der Waals surface area contributed by atoms with Crippen LogP contribution in [0.5, 0.6) is 0 Å². The van der Waals surface area contributed by atoms with Crippen LogP contribution in [0.2, 0.25) is 5.15 Å². The summed E-state index contributed by atoms with van der Waals surface area (Å²) in [4.78, 5) is 4.37. The molecule has 0 fully saturated rings. The molecule has 0 saturated carbocycles. The van der Waals surface area contributed by atoms with Crippen molar-refractivity contribution in [3.8, 4) is 0 Å². The second kappa shape index (κ2) is 4.06. The fourth-order valence-corrected chi connectivity index (χ4v) is 2.17. The topological polar surface area (TPSA) is 30.2 Å². The van der Waals surface area contributed by atoms with Crippen molar-refractivity contribution in [1.29, 1.82) is 0 Å². The van der Waals surface area contributed by atoms with Gasteiger partial charge in [0.25, 0.3) is 0 Å². The Morgan fingerprint density at radius 2 is 1.88 bits per heavy atom. The lowest BCUT2D eigenvalue weighted by molar-refractivity contribution is 0.777. The largest absolute Gasteiger partial charge is 0.237 e. The molecule has 16 heavy (non-hydrogen) atoms. The third-order valence-corrected chi connectivity index (χ3v) is 3.01. The van der Waals surface area contributed by atoms with E-state index in [1.54, 1.807) is 10.8 Å². The molecular formula is C12H16ClN3. The van der Waals surface area contributed by atoms with Gasteiger partial charge in [0.1, 0.15) is 11.5 Å². The first-order valence-corrected chi connectivity index (χ1v) is 5.92. The molecule has 0 aliphatic carbocycles. The van der Waals surface area contributed by atoms with Crippen molar-refractivity contribution in [2.75, 3.05) is 0 Å². The smallest absolute Gasteiger partial charge is 0.136 e. The van der Waals surface area contributed by atoms with E-state index in [2.05, 4.69) is 37.8 Å². The standard InChI is InChI=1S/C12H16ClN3/c1-7(2)9-5-10(13)16-12(9)11(8(3)4)14-6-15-16/h5-8H,1-4H3. The molecular weight excluding hydrogens is 222 g/mol. The van der Waals surface area contributed by atoms with Crippen LogP contribution in [-0.2, 0) is 0 Å². The summed E-state index contributed by atoms with van der Waals surface area (Å²) in [5, 5.41) is 4.86. The van der Waals surface area contributed by atoms with Gasteiger partial charge in [-0.1, -0.05) is 39.3 Å². The van der Waals surface area contributed by atoms with Gasteiger partial charge < -0.3 is 0 Å². The number of fused-ring (bicyclic) bond motifs is 1. The van der Waals surface area contributed by atoms with Gasteiger partial charge in [-0.25, -0.2) is 9.50 Å². The highest BCUT2D eigenvalue weighted by molar-refractivity contribution is 6.30. The van der Waals surface area contributed by atoms with Gasteiger partial charge in [0.2, 0.25) is 0 Å². The summed E-state index contributed by atoms with van der Waals surface area (Å²) < 4.78 is 1.78. The van der Waals surface area contributed by atoms with Crippen molar-refractivity contribution in [3.05, 3.63) is 28.8 Å². The van der Waals surface area contributed by atoms with Gasteiger partial charge >= 0.3 is 0 Å². The molecule has 3 nitrogen and oxygen atoms in total. The summed E-state index contributed by atoms with van der Waals surface area (Å²) in [6, 6.07) is 1.99. The molecule has 0 bridgehead atoms. The van der Waals surface area contributed by atoms with Crippen LogP contribution in [0.3, 0.4) is 0 Å². The maximum absolute atomic E-state index is 6.17. The van der Waals surface area contributed by atoms with Crippen LogP contribution in [0.15, 0.2) is 12.4 Å². The Balaban J connectivity index is 2.83. The van der Waals surface area contributed by atoms with Gasteiger partial charge in [-0.2, -0.15) is 5.10 Å². The molecule has 0 amide bonds. The van der Waals surface area contributed by atoms with Crippen molar-refractivity contribution in [2.45, 2.75) is 39.5 Å². The Kier molecular flexibility index (Phi) is 2.89. The summed E-state index contributed by atoms with van der Waals surface area (Å²) in [6.07, 6.45) is 1.57. The Bertz CT molecular complexity index is 514. The van der Waals surface area contributed by atoms with Gasteiger partial charge in [0.05, 0.1) is 11.2 Å². The van der Waals surface area contributed by atoms with E-state index in [1.807, 2.05) is 6.07 Å². The van der Waals surface area contributed by atoms with Gasteiger partial charge in [-0.05, 0) is 23.5 Å². The van der Waals surface area contributed by atoms with E-state index >= 15 is 0 Å². The van der Waals surface area contributed by atoms with Crippen molar-refractivity contribution in [1.82, 2.24) is 14.6 Å². The zero-order chi connectivity index (χ0) is 11.9. The fourth-order valence-electron chi connectivity index (χ4n) is 1.92. The zero-order valence-electron chi connectivity index (χ0n) is 10.0. The quantitative estimate of drug-likeness (QED) is 0.799. The first kappa shape index (κ1) is 11.4. The lowest BCUT2D eigenvalue weighted by Gasteiger charge is -2.10. The summed E-state index contributed by atoms with van der Waals surface area (Å²) in [7, 11) is 0. The van der Waals surface area contributed by atoms with E-state index in [0.717, 1.165) is 11.2 Å². The van der Waals surface area contributed by atoms with E-state index in [0.29, 0.717) is 17.0 Å². The van der Waals surface area contributed by atoms with E-state index in [-0.39, 0.29) is 0 Å². The second-order valence-electron chi connectivity index (χ2n) is 4.64. The summed E-state index contributed by atoms with van der Waals surface area (Å²) >= 11 is 6.17. The SMILES string of the molecule is CC(C)c1cc(Cl)n2ncnc(C(C)C)c12. The molecule has 0 spiro atoms. The highest BCUT2D eigenvalue weighted by atomic mass is 35.5. The van der Waals surface area contributed by atoms with Crippen LogP contribution in [0.1, 0.15) is 50.8 Å². The molecule has 0 atom stereocenters. The molecule has 4 heteroatoms. The molecule has 0 aliphatic rings. The third kappa shape index (κ3) is 1.69. The first-order chi connectivity index (χ1) is 7.52. The van der Waals surface area contributed by atoms with Gasteiger partial charge in [0.15, 0.2) is 0 Å². The first-order valence-electron chi connectivity index (χ1n) is 5.54. The molecule has 0 aliphatic heterocycles. The maximum Gasteiger partial charge on any atom is 0.136 e. The zero-order valence-corrected chi connectivity index (χ0v) is 10.8. The molecule has 0 N–H and O–H groups in total. The average Bonchev–Trinajstić information content (AvgIpc) is 2.56. The molecule has 2 aromatic rings. The van der Waals surface area contributed by atoms with Gasteiger partial charge in [-0.15, -0.1) is 0 Å². The third-order valence-electron chi connectivity index (χ3n) is 2.74. The molecule has 0 unspecified atom stereocenters. The Morgan fingerprint density at radius 1 is 1.19 bits per heavy atom. The lowest BCUT2D eigenvalue weighted by atomic mass is 10.0. The molecule has 2 aromatic heterocycles. The molecule has 0 radical (unpaired) electrons. The number of aromatic nitrogens is 3. The van der Waals surface area contributed by atoms with Crippen molar-refractivity contribution < 1.29 is 0 Å². The van der Waals surface area contributed by atoms with E-state index in [4.69, 9.17) is 11.6 Å². The van der Waals surface area contributed by atoms with Crippen LogP contribution in [0.25, 0.3) is 5.52 Å². The number of nitrogens with zero attached hydrogens (tertiary/aromatic N) is 3. The van der Waals surface area contributed by atoms with Crippen LogP contribution < -0.4 is 0 Å². The Hall–Kier alpha value is -1.09. The summed E-state index contributed by atoms with van der Waals surface area (Å²) in [6.45, 7) is 8.58. The summed E-state index contributed by atoms with van der Waals surface area (Å²) in [5.74, 6) is 0.792. The number of hydrogen-bond donors (Lipinski definition) is 0. The van der Waals surface area contributed by atoms with Crippen molar-refractivity contribution >= 4 is 17.1 Å². The molecule has 0 saturated heterocycles. The van der Waals surface area contributed by atoms with Gasteiger partial charge in [0, 0.05) is 0 Å². The minimum atomic E-state index is 0.369. The summed E-state index contributed by atoms with van der Waals surface area (Å²) in [5.41, 5.74) is 3.34. The van der Waals surface area contributed by atoms with Crippen molar-refractivity contribution in [2.24, 2.45) is 0 Å². The van der Waals surface area contributed by atoms with Crippen LogP contribution in [0.4, 0.5) is 0 Å². The fraction of sp³-hybridized carbons (Fsp3) is 0.500. The minimum Gasteiger partial charge on any atom is -0.237 e. The lowest BCUT2D eigenvalue weighted by Crippen LogP contribution is -2.02. The van der Waals surface area contributed by atoms with Crippen molar-refractivity contribution in [3.63, 3.8) is 0 Å². The predicted octanol–water partition coefficient (Wildman–Crippen LogP) is 3.63. The predicted molar refractivity (Wildman–Crippen MR) is 66.2 cm³/mol. The Labute approximate surface area is 100 Å². The number of halogens is 1. The normalized spacial score (nSPS) is 11.9. The molecule has 86 valence electrons. The molecule has 2 rings (SSSR count). The van der Waals surface area contributed by atoms with E-state index in [1.165, 1.54) is 5.56 Å². The van der Waals surface area contributed by atoms with Crippen LogP contribution in [-0.4, -0.2) is 14.6 Å². The minimum absolute atomic E-state index is 0.369. The molecule has 2 heterocycles. The Morgan fingerprint density at radius 3 is 2.44 bits per heavy atom. The van der Waals surface area contributed by atoms with Crippen LogP contribution >= 0.6 is 11.6 Å². The number of rotatable bonds is 2. The molecule has 0 aromatic carbocycles. The van der Waals surface area contributed by atoms with Crippen LogP contribution in [0, 0.1) is 0 Å². The monoisotopic (exact) mass is 237 g/mol. The highest BCUT2D eigenvalue weighted by Crippen LogP contribution is 2.30. The van der Waals surface area contributed by atoms with Gasteiger partial charge in [-0.3, -0.25) is 0 Å². The second-order valence-corrected chi connectivity index (χ2v) is 5.02. The maximum atomic E-state index is 6.17. The number of hydrogen-bond acceptors (Lipinski definition) is 2. The average molecular weight is 238 g/mol. The van der Waals surface area contributed by atoms with E-state index in [9.17, 15) is 0 Å². The highest BCUT2D eigenvalue weighted by Gasteiger charge is 2.17. The van der Waals surface area contributed by atoms with E-state index < -0.39 is 0 Å².